The van der Waals surface area contributed by atoms with E-state index >= 15 is 0 Å². The van der Waals surface area contributed by atoms with Crippen molar-refractivity contribution in [3.8, 4) is 5.75 Å². The van der Waals surface area contributed by atoms with Gasteiger partial charge in [0.25, 0.3) is 5.56 Å². The molecule has 0 bridgehead atoms. The molecule has 0 atom stereocenters. The molecule has 8 heteroatoms. The summed E-state index contributed by atoms with van der Waals surface area (Å²) in [6.45, 7) is 2.76. The van der Waals surface area contributed by atoms with Crippen LogP contribution in [0.5, 0.6) is 5.75 Å². The molecular weight excluding hydrogens is 358 g/mol. The molecule has 1 aliphatic rings. The van der Waals surface area contributed by atoms with Gasteiger partial charge < -0.3 is 24.6 Å². The first kappa shape index (κ1) is 18.3. The van der Waals surface area contributed by atoms with Crippen LogP contribution in [-0.2, 0) is 17.9 Å². The molecule has 7 nitrogen and oxygen atoms in total. The van der Waals surface area contributed by atoms with Crippen LogP contribution >= 0.6 is 11.6 Å². The third-order valence-corrected chi connectivity index (χ3v) is 4.47. The van der Waals surface area contributed by atoms with Gasteiger partial charge in [0.05, 0.1) is 6.54 Å². The number of hydrogen-bond donors (Lipinski definition) is 2. The highest BCUT2D eigenvalue weighted by Gasteiger charge is 2.18. The average molecular weight is 378 g/mol. The summed E-state index contributed by atoms with van der Waals surface area (Å²) in [4.78, 5) is 25.9. The Kier molecular flexibility index (Phi) is 5.80. The van der Waals surface area contributed by atoms with Crippen LogP contribution in [0.1, 0.15) is 11.1 Å². The third-order valence-electron chi connectivity index (χ3n) is 4.22. The zero-order valence-corrected chi connectivity index (χ0v) is 14.9. The van der Waals surface area contributed by atoms with E-state index in [1.165, 1.54) is 4.57 Å². The standard InChI is InChI=1S/C18H20ClN3O4/c19-15-3-1-13(2-4-15)11-22-8-5-14(16(23)17(22)24)12-26-18(25)21-9-6-20-7-10-21/h1-5,8,20,23H,6-7,9-12H2. The van der Waals surface area contributed by atoms with Gasteiger partial charge in [-0.2, -0.15) is 0 Å². The highest BCUT2D eigenvalue weighted by atomic mass is 35.5. The van der Waals surface area contributed by atoms with Crippen molar-refractivity contribution < 1.29 is 14.6 Å². The number of carbonyl (C=O) groups excluding carboxylic acids is 1. The number of pyridine rings is 1. The van der Waals surface area contributed by atoms with Crippen molar-refractivity contribution in [2.24, 2.45) is 0 Å². The third kappa shape index (κ3) is 4.36. The second kappa shape index (κ2) is 8.25. The van der Waals surface area contributed by atoms with E-state index in [0.29, 0.717) is 24.7 Å². The lowest BCUT2D eigenvalue weighted by Gasteiger charge is -2.26. The fourth-order valence-corrected chi connectivity index (χ4v) is 2.83. The van der Waals surface area contributed by atoms with Gasteiger partial charge >= 0.3 is 6.09 Å². The van der Waals surface area contributed by atoms with Crippen LogP contribution in [-0.4, -0.2) is 46.8 Å². The first-order chi connectivity index (χ1) is 12.5. The number of nitrogens with zero attached hydrogens (tertiary/aromatic N) is 2. The van der Waals surface area contributed by atoms with Crippen molar-refractivity contribution >= 4 is 17.7 Å². The zero-order chi connectivity index (χ0) is 18.5. The molecule has 2 aromatic rings. The Bertz CT molecular complexity index is 829. The maximum atomic E-state index is 12.3. The number of nitrogens with one attached hydrogen (secondary N) is 1. The minimum Gasteiger partial charge on any atom is -0.503 e. The lowest BCUT2D eigenvalue weighted by molar-refractivity contribution is 0.0911. The molecule has 0 unspecified atom stereocenters. The molecule has 1 aromatic heterocycles. The van der Waals surface area contributed by atoms with Crippen LogP contribution in [0.2, 0.25) is 5.02 Å². The minimum absolute atomic E-state index is 0.147. The molecule has 0 saturated carbocycles. The number of amides is 1. The van der Waals surface area contributed by atoms with Crippen molar-refractivity contribution in [3.63, 3.8) is 0 Å². The van der Waals surface area contributed by atoms with Gasteiger partial charge in [-0.05, 0) is 23.8 Å². The SMILES string of the molecule is O=C(OCc1ccn(Cc2ccc(Cl)cc2)c(=O)c1O)N1CCNCC1. The highest BCUT2D eigenvalue weighted by Crippen LogP contribution is 2.15. The zero-order valence-electron chi connectivity index (χ0n) is 14.2. The Morgan fingerprint density at radius 1 is 1.19 bits per heavy atom. The van der Waals surface area contributed by atoms with E-state index in [0.717, 1.165) is 18.7 Å². The number of piperazine rings is 1. The second-order valence-electron chi connectivity index (χ2n) is 6.04. The van der Waals surface area contributed by atoms with E-state index < -0.39 is 17.4 Å². The molecule has 1 fully saturated rings. The van der Waals surface area contributed by atoms with E-state index in [2.05, 4.69) is 5.32 Å². The fraction of sp³-hybridized carbons (Fsp3) is 0.333. The lowest BCUT2D eigenvalue weighted by Crippen LogP contribution is -2.46. The number of ether oxygens (including phenoxy) is 1. The quantitative estimate of drug-likeness (QED) is 0.848. The first-order valence-electron chi connectivity index (χ1n) is 8.33. The molecule has 2 N–H and O–H groups in total. The summed E-state index contributed by atoms with van der Waals surface area (Å²) < 4.78 is 6.60. The van der Waals surface area contributed by atoms with Gasteiger partial charge in [0, 0.05) is 43.0 Å². The molecular formula is C18H20ClN3O4. The molecule has 2 heterocycles. The maximum absolute atomic E-state index is 12.3. The van der Waals surface area contributed by atoms with E-state index in [1.54, 1.807) is 29.3 Å². The summed E-state index contributed by atoms with van der Waals surface area (Å²) in [5, 5.41) is 13.9. The number of rotatable bonds is 4. The van der Waals surface area contributed by atoms with Crippen LogP contribution < -0.4 is 10.9 Å². The number of carbonyl (C=O) groups is 1. The van der Waals surface area contributed by atoms with Crippen molar-refractivity contribution in [2.75, 3.05) is 26.2 Å². The van der Waals surface area contributed by atoms with Crippen molar-refractivity contribution in [1.29, 1.82) is 0 Å². The lowest BCUT2D eigenvalue weighted by atomic mass is 10.2. The monoisotopic (exact) mass is 377 g/mol. The molecule has 1 aromatic carbocycles. The second-order valence-corrected chi connectivity index (χ2v) is 6.48. The van der Waals surface area contributed by atoms with Crippen LogP contribution in [0.4, 0.5) is 4.79 Å². The molecule has 0 aliphatic carbocycles. The molecule has 1 amide bonds. The molecule has 26 heavy (non-hydrogen) atoms. The summed E-state index contributed by atoms with van der Waals surface area (Å²) in [6, 6.07) is 8.69. The van der Waals surface area contributed by atoms with Gasteiger partial charge in [0.15, 0.2) is 5.75 Å². The van der Waals surface area contributed by atoms with E-state index in [4.69, 9.17) is 16.3 Å². The van der Waals surface area contributed by atoms with Crippen LogP contribution in [0.25, 0.3) is 0 Å². The molecule has 0 spiro atoms. The Morgan fingerprint density at radius 3 is 2.58 bits per heavy atom. The van der Waals surface area contributed by atoms with Crippen LogP contribution in [0.3, 0.4) is 0 Å². The van der Waals surface area contributed by atoms with Crippen molar-refractivity contribution in [1.82, 2.24) is 14.8 Å². The maximum Gasteiger partial charge on any atom is 0.410 e. The topological polar surface area (TPSA) is 83.8 Å². The Labute approximate surface area is 155 Å². The molecule has 0 radical (unpaired) electrons. The Hall–Kier alpha value is -2.51. The largest absolute Gasteiger partial charge is 0.503 e. The van der Waals surface area contributed by atoms with Gasteiger partial charge in [-0.1, -0.05) is 23.7 Å². The number of hydrogen-bond acceptors (Lipinski definition) is 5. The van der Waals surface area contributed by atoms with Gasteiger partial charge in [-0.25, -0.2) is 4.79 Å². The van der Waals surface area contributed by atoms with Crippen molar-refractivity contribution in [2.45, 2.75) is 13.2 Å². The summed E-state index contributed by atoms with van der Waals surface area (Å²) >= 11 is 5.85. The summed E-state index contributed by atoms with van der Waals surface area (Å²) in [6.07, 6.45) is 1.13. The van der Waals surface area contributed by atoms with E-state index in [-0.39, 0.29) is 12.2 Å². The van der Waals surface area contributed by atoms with Gasteiger partial charge in [0.2, 0.25) is 0 Å². The van der Waals surface area contributed by atoms with Gasteiger partial charge in [0.1, 0.15) is 6.61 Å². The molecule has 3 rings (SSSR count). The predicted molar refractivity (Wildman–Crippen MR) is 97.5 cm³/mol. The Balaban J connectivity index is 1.66. The van der Waals surface area contributed by atoms with Crippen LogP contribution in [0.15, 0.2) is 41.3 Å². The minimum atomic E-state index is -0.532. The van der Waals surface area contributed by atoms with E-state index in [9.17, 15) is 14.7 Å². The number of halogens is 1. The predicted octanol–water partition coefficient (Wildman–Crippen LogP) is 1.80. The normalized spacial score (nSPS) is 14.3. The molecule has 1 saturated heterocycles. The van der Waals surface area contributed by atoms with Crippen LogP contribution in [0, 0.1) is 0 Å². The first-order valence-corrected chi connectivity index (χ1v) is 8.70. The number of aromatic hydroxyl groups is 1. The van der Waals surface area contributed by atoms with Gasteiger partial charge in [-0.15, -0.1) is 0 Å². The molecule has 1 aliphatic heterocycles. The summed E-state index contributed by atoms with van der Waals surface area (Å²) in [5.41, 5.74) is 0.635. The fourth-order valence-electron chi connectivity index (χ4n) is 2.71. The van der Waals surface area contributed by atoms with Crippen molar-refractivity contribution in [3.05, 3.63) is 63.0 Å². The smallest absolute Gasteiger partial charge is 0.410 e. The molecule has 138 valence electrons. The van der Waals surface area contributed by atoms with E-state index in [1.807, 2.05) is 12.1 Å². The summed E-state index contributed by atoms with van der Waals surface area (Å²) in [7, 11) is 0. The number of aromatic nitrogens is 1. The Morgan fingerprint density at radius 2 is 1.88 bits per heavy atom. The van der Waals surface area contributed by atoms with Gasteiger partial charge in [-0.3, -0.25) is 4.79 Å². The average Bonchev–Trinajstić information content (AvgIpc) is 2.67. The number of benzene rings is 1. The highest BCUT2D eigenvalue weighted by molar-refractivity contribution is 6.30. The summed E-state index contributed by atoms with van der Waals surface area (Å²) in [5.74, 6) is -0.408.